The fourth-order valence-electron chi connectivity index (χ4n) is 2.94. The minimum Gasteiger partial charge on any atom is -0.482 e. The summed E-state index contributed by atoms with van der Waals surface area (Å²) in [4.78, 5) is 13.4. The third kappa shape index (κ3) is 7.04. The molecule has 146 valence electrons. The lowest BCUT2D eigenvalue weighted by atomic mass is 10.0. The number of esters is 1. The number of benzene rings is 2. The Morgan fingerprint density at radius 2 is 1.74 bits per heavy atom. The first kappa shape index (κ1) is 20.9. The molecule has 0 aliphatic rings. The van der Waals surface area contributed by atoms with Crippen molar-refractivity contribution in [2.24, 2.45) is 0 Å². The molecular formula is C22H30N2O3. The van der Waals surface area contributed by atoms with Crippen molar-refractivity contribution in [3.05, 3.63) is 65.7 Å². The Kier molecular flexibility index (Phi) is 8.30. The maximum absolute atomic E-state index is 11.1. The van der Waals surface area contributed by atoms with Crippen LogP contribution >= 0.6 is 0 Å². The van der Waals surface area contributed by atoms with E-state index in [9.17, 15) is 4.79 Å². The van der Waals surface area contributed by atoms with Gasteiger partial charge in [-0.2, -0.15) is 0 Å². The zero-order valence-electron chi connectivity index (χ0n) is 16.6. The second kappa shape index (κ2) is 10.7. The van der Waals surface area contributed by atoms with E-state index in [1.807, 2.05) is 30.3 Å². The summed E-state index contributed by atoms with van der Waals surface area (Å²) in [7, 11) is 5.57. The number of carbonyl (C=O) groups is 1. The SMILES string of the molecule is COC(=O)COc1ccc(CC(C)NCC(c2ccccc2)N(C)C)cc1. The molecule has 0 saturated heterocycles. The Hall–Kier alpha value is -2.37. The lowest BCUT2D eigenvalue weighted by Gasteiger charge is -2.27. The second-order valence-corrected chi connectivity index (χ2v) is 6.91. The van der Waals surface area contributed by atoms with E-state index < -0.39 is 0 Å². The molecule has 0 bridgehead atoms. The first-order chi connectivity index (χ1) is 13.0. The largest absolute Gasteiger partial charge is 0.482 e. The number of carbonyl (C=O) groups excluding carboxylic acids is 1. The van der Waals surface area contributed by atoms with Crippen LogP contribution < -0.4 is 10.1 Å². The molecule has 2 aromatic carbocycles. The van der Waals surface area contributed by atoms with Crippen LogP contribution in [0.1, 0.15) is 24.1 Å². The minimum absolute atomic E-state index is 0.0702. The summed E-state index contributed by atoms with van der Waals surface area (Å²) >= 11 is 0. The number of ether oxygens (including phenoxy) is 2. The van der Waals surface area contributed by atoms with E-state index >= 15 is 0 Å². The van der Waals surface area contributed by atoms with Crippen molar-refractivity contribution >= 4 is 5.97 Å². The van der Waals surface area contributed by atoms with E-state index in [0.717, 1.165) is 13.0 Å². The number of likely N-dealkylation sites (N-methyl/N-ethyl adjacent to an activating group) is 1. The van der Waals surface area contributed by atoms with Gasteiger partial charge in [-0.05, 0) is 50.7 Å². The number of nitrogens with one attached hydrogen (secondary N) is 1. The summed E-state index contributed by atoms with van der Waals surface area (Å²) in [6.07, 6.45) is 0.923. The van der Waals surface area contributed by atoms with Gasteiger partial charge in [-0.15, -0.1) is 0 Å². The number of hydrogen-bond donors (Lipinski definition) is 1. The van der Waals surface area contributed by atoms with Crippen LogP contribution in [0.3, 0.4) is 0 Å². The van der Waals surface area contributed by atoms with Gasteiger partial charge in [0, 0.05) is 18.6 Å². The molecule has 0 saturated carbocycles. The second-order valence-electron chi connectivity index (χ2n) is 6.91. The quantitative estimate of drug-likeness (QED) is 0.652. The summed E-state index contributed by atoms with van der Waals surface area (Å²) < 4.78 is 9.94. The number of methoxy groups -OCH3 is 1. The lowest BCUT2D eigenvalue weighted by molar-refractivity contribution is -0.142. The average Bonchev–Trinajstić information content (AvgIpc) is 2.68. The highest BCUT2D eigenvalue weighted by molar-refractivity contribution is 5.70. The monoisotopic (exact) mass is 370 g/mol. The van der Waals surface area contributed by atoms with Crippen molar-refractivity contribution in [3.63, 3.8) is 0 Å². The van der Waals surface area contributed by atoms with Gasteiger partial charge in [-0.25, -0.2) is 4.79 Å². The zero-order valence-corrected chi connectivity index (χ0v) is 16.6. The number of hydrogen-bond acceptors (Lipinski definition) is 5. The number of rotatable bonds is 10. The zero-order chi connectivity index (χ0) is 19.6. The molecule has 5 heteroatoms. The van der Waals surface area contributed by atoms with Gasteiger partial charge in [0.2, 0.25) is 0 Å². The first-order valence-electron chi connectivity index (χ1n) is 9.23. The van der Waals surface area contributed by atoms with Crippen molar-refractivity contribution < 1.29 is 14.3 Å². The summed E-state index contributed by atoms with van der Waals surface area (Å²) in [5.74, 6) is 0.285. The van der Waals surface area contributed by atoms with Crippen LogP contribution in [0.2, 0.25) is 0 Å². The van der Waals surface area contributed by atoms with E-state index in [1.165, 1.54) is 18.2 Å². The van der Waals surface area contributed by atoms with Crippen LogP contribution in [0.4, 0.5) is 0 Å². The molecule has 0 spiro atoms. The molecule has 0 heterocycles. The van der Waals surface area contributed by atoms with Gasteiger partial charge in [0.25, 0.3) is 0 Å². The van der Waals surface area contributed by atoms with Gasteiger partial charge in [0.05, 0.1) is 7.11 Å². The highest BCUT2D eigenvalue weighted by Gasteiger charge is 2.15. The van der Waals surface area contributed by atoms with E-state index in [0.29, 0.717) is 17.8 Å². The van der Waals surface area contributed by atoms with Crippen LogP contribution in [-0.4, -0.2) is 51.3 Å². The van der Waals surface area contributed by atoms with Gasteiger partial charge in [-0.3, -0.25) is 0 Å². The lowest BCUT2D eigenvalue weighted by Crippen LogP contribution is -2.36. The summed E-state index contributed by atoms with van der Waals surface area (Å²) in [6.45, 7) is 3.01. The van der Waals surface area contributed by atoms with Gasteiger partial charge in [0.15, 0.2) is 6.61 Å². The van der Waals surface area contributed by atoms with Gasteiger partial charge < -0.3 is 19.7 Å². The molecule has 2 aromatic rings. The van der Waals surface area contributed by atoms with Crippen LogP contribution in [0.5, 0.6) is 5.75 Å². The van der Waals surface area contributed by atoms with Crippen LogP contribution in [-0.2, 0) is 16.0 Å². The minimum atomic E-state index is -0.384. The molecule has 0 radical (unpaired) electrons. The Bertz CT molecular complexity index is 686. The molecule has 2 atom stereocenters. The Balaban J connectivity index is 1.84. The van der Waals surface area contributed by atoms with Crippen molar-refractivity contribution in [3.8, 4) is 5.75 Å². The molecule has 0 amide bonds. The normalized spacial score (nSPS) is 13.2. The van der Waals surface area contributed by atoms with Crippen LogP contribution in [0.15, 0.2) is 54.6 Å². The van der Waals surface area contributed by atoms with Crippen molar-refractivity contribution in [1.82, 2.24) is 10.2 Å². The Morgan fingerprint density at radius 3 is 2.33 bits per heavy atom. The summed E-state index contributed by atoms with van der Waals surface area (Å²) in [5.41, 5.74) is 2.54. The van der Waals surface area contributed by atoms with E-state index in [1.54, 1.807) is 0 Å². The van der Waals surface area contributed by atoms with Crippen molar-refractivity contribution in [1.29, 1.82) is 0 Å². The van der Waals surface area contributed by atoms with Crippen LogP contribution in [0, 0.1) is 0 Å². The molecule has 2 rings (SSSR count). The third-order valence-electron chi connectivity index (χ3n) is 4.52. The molecule has 0 aliphatic heterocycles. The maximum atomic E-state index is 11.1. The predicted molar refractivity (Wildman–Crippen MR) is 108 cm³/mol. The molecule has 0 aliphatic carbocycles. The van der Waals surface area contributed by atoms with Crippen molar-refractivity contribution in [2.45, 2.75) is 25.4 Å². The standard InChI is InChI=1S/C22H30N2O3/c1-17(23-15-21(24(2)3)19-8-6-5-7-9-19)14-18-10-12-20(13-11-18)27-16-22(25)26-4/h5-13,17,21,23H,14-16H2,1-4H3. The molecule has 5 nitrogen and oxygen atoms in total. The van der Waals surface area contributed by atoms with Gasteiger partial charge in [-0.1, -0.05) is 42.5 Å². The topological polar surface area (TPSA) is 50.8 Å². The molecule has 0 aromatic heterocycles. The molecule has 0 fully saturated rings. The highest BCUT2D eigenvalue weighted by Crippen LogP contribution is 2.18. The van der Waals surface area contributed by atoms with Gasteiger partial charge >= 0.3 is 5.97 Å². The summed E-state index contributed by atoms with van der Waals surface area (Å²) in [6, 6.07) is 19.1. The molecule has 27 heavy (non-hydrogen) atoms. The third-order valence-corrected chi connectivity index (χ3v) is 4.52. The molecular weight excluding hydrogens is 340 g/mol. The number of nitrogens with zero attached hydrogens (tertiary/aromatic N) is 1. The van der Waals surface area contributed by atoms with E-state index in [4.69, 9.17) is 4.74 Å². The van der Waals surface area contributed by atoms with Gasteiger partial charge in [0.1, 0.15) is 5.75 Å². The average molecular weight is 370 g/mol. The maximum Gasteiger partial charge on any atom is 0.343 e. The smallest absolute Gasteiger partial charge is 0.343 e. The highest BCUT2D eigenvalue weighted by atomic mass is 16.6. The van der Waals surface area contributed by atoms with Crippen molar-refractivity contribution in [2.75, 3.05) is 34.4 Å². The Morgan fingerprint density at radius 1 is 1.07 bits per heavy atom. The first-order valence-corrected chi connectivity index (χ1v) is 9.23. The molecule has 1 N–H and O–H groups in total. The predicted octanol–water partition coefficient (Wildman–Crippen LogP) is 3.06. The fourth-order valence-corrected chi connectivity index (χ4v) is 2.94. The summed E-state index contributed by atoms with van der Waals surface area (Å²) in [5, 5.41) is 3.64. The van der Waals surface area contributed by atoms with E-state index in [-0.39, 0.29) is 12.6 Å². The Labute approximate surface area is 162 Å². The molecule has 2 unspecified atom stereocenters. The van der Waals surface area contributed by atoms with Crippen LogP contribution in [0.25, 0.3) is 0 Å². The fraction of sp³-hybridized carbons (Fsp3) is 0.409. The van der Waals surface area contributed by atoms with E-state index in [2.05, 4.69) is 60.2 Å².